The van der Waals surface area contributed by atoms with E-state index in [1.54, 1.807) is 0 Å². The minimum atomic E-state index is -0.445. The van der Waals surface area contributed by atoms with Crippen LogP contribution >= 0.6 is 15.9 Å². The van der Waals surface area contributed by atoms with Crippen LogP contribution in [0.25, 0.3) is 0 Å². The molecule has 0 aliphatic rings. The van der Waals surface area contributed by atoms with Crippen molar-refractivity contribution in [2.75, 3.05) is 19.6 Å². The van der Waals surface area contributed by atoms with Crippen molar-refractivity contribution in [3.05, 3.63) is 11.1 Å². The van der Waals surface area contributed by atoms with Gasteiger partial charge >= 0.3 is 6.09 Å². The predicted octanol–water partition coefficient (Wildman–Crippen LogP) is 2.65. The molecular weight excluding hydrogens is 284 g/mol. The molecule has 17 heavy (non-hydrogen) atoms. The zero-order valence-corrected chi connectivity index (χ0v) is 12.7. The van der Waals surface area contributed by atoms with Crippen molar-refractivity contribution in [2.45, 2.75) is 33.3 Å². The van der Waals surface area contributed by atoms with Gasteiger partial charge in [0.2, 0.25) is 0 Å². The van der Waals surface area contributed by atoms with Gasteiger partial charge in [-0.1, -0.05) is 29.4 Å². The Kier molecular flexibility index (Phi) is 7.46. The molecule has 5 heteroatoms. The van der Waals surface area contributed by atoms with E-state index in [0.717, 1.165) is 17.6 Å². The van der Waals surface area contributed by atoms with E-state index >= 15 is 0 Å². The fourth-order valence-electron chi connectivity index (χ4n) is 1.10. The van der Waals surface area contributed by atoms with Gasteiger partial charge < -0.3 is 15.4 Å². The normalized spacial score (nSPS) is 13.0. The molecule has 0 rings (SSSR count). The van der Waals surface area contributed by atoms with Crippen molar-refractivity contribution < 1.29 is 9.53 Å². The Morgan fingerprint density at radius 1 is 1.41 bits per heavy atom. The van der Waals surface area contributed by atoms with Gasteiger partial charge in [0.05, 0.1) is 0 Å². The number of hydrogen-bond donors (Lipinski definition) is 2. The first-order valence-corrected chi connectivity index (χ1v) is 6.51. The highest BCUT2D eigenvalue weighted by atomic mass is 79.9. The van der Waals surface area contributed by atoms with Crippen molar-refractivity contribution in [2.24, 2.45) is 5.92 Å². The monoisotopic (exact) mass is 306 g/mol. The summed E-state index contributed by atoms with van der Waals surface area (Å²) in [5.74, 6) is 0.342. The topological polar surface area (TPSA) is 50.4 Å². The molecule has 0 fully saturated rings. The SMILES string of the molecule is C=C(Br)CNCC(C)CNC(=O)OC(C)(C)C. The Labute approximate surface area is 112 Å². The fourth-order valence-corrected chi connectivity index (χ4v) is 1.30. The predicted molar refractivity (Wildman–Crippen MR) is 74.3 cm³/mol. The van der Waals surface area contributed by atoms with Crippen molar-refractivity contribution in [1.29, 1.82) is 0 Å². The first-order valence-electron chi connectivity index (χ1n) is 5.71. The quantitative estimate of drug-likeness (QED) is 0.793. The molecule has 0 aromatic rings. The molecule has 1 atom stereocenters. The van der Waals surface area contributed by atoms with Crippen LogP contribution < -0.4 is 10.6 Å². The van der Waals surface area contributed by atoms with Crippen LogP contribution in [0.5, 0.6) is 0 Å². The van der Waals surface area contributed by atoms with Crippen molar-refractivity contribution in [1.82, 2.24) is 10.6 Å². The standard InChI is InChI=1S/C12H23BrN2O2/c1-9(6-14-8-10(2)13)7-15-11(16)17-12(3,4)5/h9,14H,2,6-8H2,1,3-5H3,(H,15,16). The number of ether oxygens (including phenoxy) is 1. The first-order chi connectivity index (χ1) is 7.70. The van der Waals surface area contributed by atoms with E-state index in [2.05, 4.69) is 40.1 Å². The third kappa shape index (κ3) is 11.7. The minimum Gasteiger partial charge on any atom is -0.444 e. The molecule has 0 aromatic carbocycles. The number of hydrogen-bond acceptors (Lipinski definition) is 3. The van der Waals surface area contributed by atoms with E-state index in [4.69, 9.17) is 4.74 Å². The Hall–Kier alpha value is -0.550. The smallest absolute Gasteiger partial charge is 0.407 e. The summed E-state index contributed by atoms with van der Waals surface area (Å²) >= 11 is 3.27. The lowest BCUT2D eigenvalue weighted by molar-refractivity contribution is 0.0520. The second-order valence-corrected chi connectivity index (χ2v) is 6.26. The van der Waals surface area contributed by atoms with E-state index in [0.29, 0.717) is 12.5 Å². The van der Waals surface area contributed by atoms with Crippen LogP contribution in [0.4, 0.5) is 4.79 Å². The second kappa shape index (κ2) is 7.71. The highest BCUT2D eigenvalue weighted by Gasteiger charge is 2.16. The van der Waals surface area contributed by atoms with Gasteiger partial charge in [0.15, 0.2) is 0 Å². The molecule has 2 N–H and O–H groups in total. The van der Waals surface area contributed by atoms with Gasteiger partial charge in [-0.3, -0.25) is 0 Å². The van der Waals surface area contributed by atoms with Gasteiger partial charge in [0, 0.05) is 17.6 Å². The van der Waals surface area contributed by atoms with Crippen LogP contribution in [0.3, 0.4) is 0 Å². The fraction of sp³-hybridized carbons (Fsp3) is 0.750. The van der Waals surface area contributed by atoms with Crippen LogP contribution in [-0.4, -0.2) is 31.3 Å². The zero-order chi connectivity index (χ0) is 13.5. The third-order valence-electron chi connectivity index (χ3n) is 1.80. The first kappa shape index (κ1) is 16.4. The van der Waals surface area contributed by atoms with Crippen LogP contribution in [0.1, 0.15) is 27.7 Å². The summed E-state index contributed by atoms with van der Waals surface area (Å²) < 4.78 is 6.06. The maximum atomic E-state index is 11.4. The Morgan fingerprint density at radius 3 is 2.47 bits per heavy atom. The molecule has 0 aromatic heterocycles. The number of amides is 1. The Morgan fingerprint density at radius 2 is 2.00 bits per heavy atom. The van der Waals surface area contributed by atoms with E-state index in [9.17, 15) is 4.79 Å². The van der Waals surface area contributed by atoms with Gasteiger partial charge in [-0.15, -0.1) is 0 Å². The molecule has 0 saturated heterocycles. The summed E-state index contributed by atoms with van der Waals surface area (Å²) in [6, 6.07) is 0. The molecular formula is C12H23BrN2O2. The number of carbonyl (C=O) groups is 1. The van der Waals surface area contributed by atoms with Gasteiger partial charge in [0.25, 0.3) is 0 Å². The average molecular weight is 307 g/mol. The summed E-state index contributed by atoms with van der Waals surface area (Å²) in [5.41, 5.74) is -0.445. The molecule has 0 radical (unpaired) electrons. The molecule has 1 unspecified atom stereocenters. The largest absolute Gasteiger partial charge is 0.444 e. The molecule has 4 nitrogen and oxygen atoms in total. The lowest BCUT2D eigenvalue weighted by Crippen LogP contribution is -2.37. The number of rotatable bonds is 6. The summed E-state index contributed by atoms with van der Waals surface area (Å²) in [4.78, 5) is 11.4. The van der Waals surface area contributed by atoms with E-state index in [1.165, 1.54) is 0 Å². The molecule has 0 aliphatic heterocycles. The van der Waals surface area contributed by atoms with E-state index in [-0.39, 0.29) is 6.09 Å². The number of carbonyl (C=O) groups excluding carboxylic acids is 1. The lowest BCUT2D eigenvalue weighted by Gasteiger charge is -2.20. The summed E-state index contributed by atoms with van der Waals surface area (Å²) in [5, 5.41) is 5.96. The zero-order valence-electron chi connectivity index (χ0n) is 11.1. The van der Waals surface area contributed by atoms with Crippen molar-refractivity contribution in [3.63, 3.8) is 0 Å². The van der Waals surface area contributed by atoms with Gasteiger partial charge in [0.1, 0.15) is 5.60 Å². The number of nitrogens with one attached hydrogen (secondary N) is 2. The highest BCUT2D eigenvalue weighted by Crippen LogP contribution is 2.06. The molecule has 100 valence electrons. The second-order valence-electron chi connectivity index (χ2n) is 5.14. The molecule has 0 aliphatic carbocycles. The van der Waals surface area contributed by atoms with Gasteiger partial charge in [-0.25, -0.2) is 4.79 Å². The lowest BCUT2D eigenvalue weighted by atomic mass is 10.2. The van der Waals surface area contributed by atoms with Crippen LogP contribution in [0, 0.1) is 5.92 Å². The summed E-state index contributed by atoms with van der Waals surface area (Å²) in [6.07, 6.45) is -0.366. The van der Waals surface area contributed by atoms with E-state index in [1.807, 2.05) is 20.8 Å². The Balaban J connectivity index is 3.66. The molecule has 0 spiro atoms. The molecule has 0 heterocycles. The van der Waals surface area contributed by atoms with Gasteiger partial charge in [-0.05, 0) is 33.2 Å². The third-order valence-corrected chi connectivity index (χ3v) is 2.08. The van der Waals surface area contributed by atoms with Crippen molar-refractivity contribution >= 4 is 22.0 Å². The van der Waals surface area contributed by atoms with Crippen molar-refractivity contribution in [3.8, 4) is 0 Å². The molecule has 0 saturated carbocycles. The Bertz CT molecular complexity index is 262. The van der Waals surface area contributed by atoms with Crippen LogP contribution in [-0.2, 0) is 4.74 Å². The molecule has 0 bridgehead atoms. The summed E-state index contributed by atoms with van der Waals surface area (Å²) in [7, 11) is 0. The van der Waals surface area contributed by atoms with Crippen LogP contribution in [0.15, 0.2) is 11.1 Å². The number of alkyl carbamates (subject to hydrolysis) is 1. The average Bonchev–Trinajstić information content (AvgIpc) is 2.11. The van der Waals surface area contributed by atoms with E-state index < -0.39 is 5.60 Å². The molecule has 1 amide bonds. The maximum Gasteiger partial charge on any atom is 0.407 e. The van der Waals surface area contributed by atoms with Crippen LogP contribution in [0.2, 0.25) is 0 Å². The maximum absolute atomic E-state index is 11.4. The highest BCUT2D eigenvalue weighted by molar-refractivity contribution is 9.11. The van der Waals surface area contributed by atoms with Gasteiger partial charge in [-0.2, -0.15) is 0 Å². The minimum absolute atomic E-state index is 0.342. The summed E-state index contributed by atoms with van der Waals surface area (Å²) in [6.45, 7) is 13.5. The number of halogens is 1.